The van der Waals surface area contributed by atoms with E-state index in [1.807, 2.05) is 0 Å². The lowest BCUT2D eigenvalue weighted by molar-refractivity contribution is 0.0865. The summed E-state index contributed by atoms with van der Waals surface area (Å²) < 4.78 is 0. The van der Waals surface area contributed by atoms with Crippen LogP contribution in [0.3, 0.4) is 0 Å². The van der Waals surface area contributed by atoms with Crippen LogP contribution in [-0.4, -0.2) is 25.0 Å². The highest BCUT2D eigenvalue weighted by molar-refractivity contribution is 5.31. The second kappa shape index (κ2) is 15.7. The predicted octanol–water partition coefficient (Wildman–Crippen LogP) is 13.2. The molecule has 2 aliphatic carbocycles. The number of hydrogen-bond acceptors (Lipinski definition) is 1. The van der Waals surface area contributed by atoms with Gasteiger partial charge >= 0.3 is 0 Å². The van der Waals surface area contributed by atoms with Crippen LogP contribution >= 0.6 is 0 Å². The average Bonchev–Trinajstić information content (AvgIpc) is 3.59. The molecule has 48 heavy (non-hydrogen) atoms. The minimum atomic E-state index is 0.329. The first kappa shape index (κ1) is 38.4. The molecule has 0 radical (unpaired) electrons. The summed E-state index contributed by atoms with van der Waals surface area (Å²) >= 11 is 0. The van der Waals surface area contributed by atoms with Crippen LogP contribution < -0.4 is 0 Å². The summed E-state index contributed by atoms with van der Waals surface area (Å²) in [6.07, 6.45) is 15.0. The van der Waals surface area contributed by atoms with E-state index in [1.54, 1.807) is 11.1 Å². The Hall–Kier alpha value is -2.38. The highest BCUT2D eigenvalue weighted by atomic mass is 15.1. The molecule has 0 spiro atoms. The summed E-state index contributed by atoms with van der Waals surface area (Å²) in [7, 11) is 2.23. The molecule has 3 aliphatic rings. The van der Waals surface area contributed by atoms with Crippen molar-refractivity contribution in [3.63, 3.8) is 0 Å². The molecule has 0 bridgehead atoms. The van der Waals surface area contributed by atoms with Crippen molar-refractivity contribution >= 4 is 0 Å². The second-order valence-corrected chi connectivity index (χ2v) is 18.7. The third kappa shape index (κ3) is 8.31. The molecule has 0 unspecified atom stereocenters. The molecule has 1 heteroatoms. The Kier molecular flexibility index (Phi) is 12.5. The van der Waals surface area contributed by atoms with Gasteiger partial charge in [-0.3, -0.25) is 0 Å². The molecule has 3 aromatic carbocycles. The van der Waals surface area contributed by atoms with E-state index in [9.17, 15) is 0 Å². The van der Waals surface area contributed by atoms with Crippen LogP contribution in [0.2, 0.25) is 0 Å². The first-order valence-corrected chi connectivity index (χ1v) is 19.4. The van der Waals surface area contributed by atoms with E-state index >= 15 is 0 Å². The third-order valence-corrected chi connectivity index (χ3v) is 13.3. The summed E-state index contributed by atoms with van der Waals surface area (Å²) in [6.45, 7) is 24.0. The number of hydrogen-bond donors (Lipinski definition) is 0. The van der Waals surface area contributed by atoms with Crippen molar-refractivity contribution in [1.82, 2.24) is 4.90 Å². The van der Waals surface area contributed by atoms with E-state index in [0.29, 0.717) is 32.5 Å². The third-order valence-electron chi connectivity index (χ3n) is 13.3. The van der Waals surface area contributed by atoms with Gasteiger partial charge in [0.25, 0.3) is 0 Å². The predicted molar refractivity (Wildman–Crippen MR) is 211 cm³/mol. The van der Waals surface area contributed by atoms with E-state index in [4.69, 9.17) is 0 Å². The summed E-state index contributed by atoms with van der Waals surface area (Å²) in [5, 5.41) is 0. The van der Waals surface area contributed by atoms with Crippen molar-refractivity contribution in [3.8, 4) is 0 Å². The maximum atomic E-state index is 2.45. The molecular formula is C47H71N. The zero-order valence-electron chi connectivity index (χ0n) is 32.8. The molecule has 2 saturated carbocycles. The van der Waals surface area contributed by atoms with Gasteiger partial charge in [-0.2, -0.15) is 0 Å². The minimum absolute atomic E-state index is 0.329. The lowest BCUT2D eigenvalue weighted by atomic mass is 9.56. The Labute approximate surface area is 297 Å². The van der Waals surface area contributed by atoms with Gasteiger partial charge in [0.2, 0.25) is 0 Å². The average molecular weight is 650 g/mol. The molecule has 6 rings (SSSR count). The molecule has 3 aromatic rings. The number of rotatable bonds is 3. The molecule has 0 amide bonds. The fourth-order valence-corrected chi connectivity index (χ4v) is 9.82. The van der Waals surface area contributed by atoms with Gasteiger partial charge in [-0.25, -0.2) is 0 Å². The minimum Gasteiger partial charge on any atom is -0.306 e. The van der Waals surface area contributed by atoms with E-state index < -0.39 is 0 Å². The largest absolute Gasteiger partial charge is 0.306 e. The van der Waals surface area contributed by atoms with Gasteiger partial charge in [-0.15, -0.1) is 0 Å². The molecule has 1 saturated heterocycles. The summed E-state index contributed by atoms with van der Waals surface area (Å²) in [5.74, 6) is 0. The van der Waals surface area contributed by atoms with E-state index in [0.717, 1.165) is 0 Å². The maximum absolute atomic E-state index is 2.45. The fourth-order valence-electron chi connectivity index (χ4n) is 9.82. The number of likely N-dealkylation sites (tertiary alicyclic amines) is 1. The molecule has 1 nitrogen and oxygen atoms in total. The van der Waals surface area contributed by atoms with E-state index in [1.165, 1.54) is 89.3 Å². The standard InChI is InChI=1S/C16H25N.C16H24.C15H22/c1-15(2,3)16(10-12-17(4)13-11-16)14-8-6-5-7-9-14;1-15(2,3)16(12-8-5-9-13-16)14-10-6-4-7-11-14;1-14(2,3)15(11-7-8-12-15)13-9-5-4-6-10-13/h5-9H,10-13H2,1-4H3;4,6-7,10-11H,5,8-9,12-13H2,1-3H3;4-6,9-10H,7-8,11-12H2,1-3H3. The van der Waals surface area contributed by atoms with Crippen LogP contribution in [0.4, 0.5) is 0 Å². The highest BCUT2D eigenvalue weighted by Gasteiger charge is 2.46. The van der Waals surface area contributed by atoms with Crippen molar-refractivity contribution < 1.29 is 0 Å². The molecule has 1 heterocycles. The van der Waals surface area contributed by atoms with Gasteiger partial charge in [0.15, 0.2) is 0 Å². The van der Waals surface area contributed by atoms with Crippen molar-refractivity contribution in [2.24, 2.45) is 16.2 Å². The zero-order chi connectivity index (χ0) is 35.1. The molecule has 0 atom stereocenters. The second-order valence-electron chi connectivity index (χ2n) is 18.7. The Morgan fingerprint density at radius 3 is 0.896 bits per heavy atom. The SMILES string of the molecule is CC(C)(C)C1(c2ccccc2)CCCC1.CC(C)(C)C1(c2ccccc2)CCCCC1.CN1CCC(c2ccccc2)(C(C)(C)C)CC1. The van der Waals surface area contributed by atoms with Gasteiger partial charge in [0.1, 0.15) is 0 Å². The smallest absolute Gasteiger partial charge is 0.00257 e. The number of nitrogens with zero attached hydrogens (tertiary/aromatic N) is 1. The topological polar surface area (TPSA) is 3.24 Å². The molecule has 0 aromatic heterocycles. The summed E-state index contributed by atoms with van der Waals surface area (Å²) in [4.78, 5) is 2.45. The fraction of sp³-hybridized carbons (Fsp3) is 0.617. The Morgan fingerprint density at radius 2 is 0.625 bits per heavy atom. The van der Waals surface area contributed by atoms with Crippen LogP contribution in [0.1, 0.15) is 150 Å². The summed E-state index contributed by atoms with van der Waals surface area (Å²) in [5.41, 5.74) is 6.90. The van der Waals surface area contributed by atoms with Crippen LogP contribution in [0.15, 0.2) is 91.0 Å². The molecule has 264 valence electrons. The molecular weight excluding hydrogens is 579 g/mol. The van der Waals surface area contributed by atoms with Gasteiger partial charge in [0.05, 0.1) is 0 Å². The van der Waals surface area contributed by atoms with E-state index in [-0.39, 0.29) is 0 Å². The molecule has 1 aliphatic heterocycles. The van der Waals surface area contributed by atoms with Crippen LogP contribution in [0.25, 0.3) is 0 Å². The van der Waals surface area contributed by atoms with Gasteiger partial charge in [0, 0.05) is 16.2 Å². The number of benzene rings is 3. The molecule has 3 fully saturated rings. The van der Waals surface area contributed by atoms with Crippen molar-refractivity contribution in [2.45, 2.75) is 149 Å². The molecule has 0 N–H and O–H groups in total. The highest BCUT2D eigenvalue weighted by Crippen LogP contribution is 2.53. The lowest BCUT2D eigenvalue weighted by Gasteiger charge is -2.50. The quantitative estimate of drug-likeness (QED) is 0.273. The maximum Gasteiger partial charge on any atom is 0.00257 e. The van der Waals surface area contributed by atoms with Crippen molar-refractivity contribution in [3.05, 3.63) is 108 Å². The first-order chi connectivity index (χ1) is 22.6. The normalized spacial score (nSPS) is 20.9. The van der Waals surface area contributed by atoms with Crippen LogP contribution in [0.5, 0.6) is 0 Å². The Morgan fingerprint density at radius 1 is 0.375 bits per heavy atom. The van der Waals surface area contributed by atoms with Crippen molar-refractivity contribution in [1.29, 1.82) is 0 Å². The lowest BCUT2D eigenvalue weighted by Crippen LogP contribution is -2.48. The summed E-state index contributed by atoms with van der Waals surface area (Å²) in [6, 6.07) is 33.4. The van der Waals surface area contributed by atoms with E-state index in [2.05, 4.69) is 165 Å². The van der Waals surface area contributed by atoms with Crippen molar-refractivity contribution in [2.75, 3.05) is 20.1 Å². The Balaban J connectivity index is 0.000000163. The monoisotopic (exact) mass is 650 g/mol. The van der Waals surface area contributed by atoms with Gasteiger partial charge in [-0.05, 0) is 91.6 Å². The van der Waals surface area contributed by atoms with Crippen LogP contribution in [-0.2, 0) is 16.2 Å². The van der Waals surface area contributed by atoms with Gasteiger partial charge in [-0.1, -0.05) is 185 Å². The first-order valence-electron chi connectivity index (χ1n) is 19.4. The Bertz CT molecular complexity index is 1330. The van der Waals surface area contributed by atoms with Gasteiger partial charge < -0.3 is 4.90 Å². The zero-order valence-corrected chi connectivity index (χ0v) is 32.8. The number of piperidine rings is 1. The van der Waals surface area contributed by atoms with Crippen LogP contribution in [0, 0.1) is 16.2 Å².